The maximum Gasteiger partial charge on any atom is 0.223 e. The van der Waals surface area contributed by atoms with Gasteiger partial charge in [0.1, 0.15) is 6.17 Å². The molecule has 1 amide bonds. The Kier molecular flexibility index (Phi) is 5.17. The van der Waals surface area contributed by atoms with Crippen LogP contribution in [0.3, 0.4) is 0 Å². The third-order valence-electron chi connectivity index (χ3n) is 2.62. The molecule has 1 aliphatic heterocycles. The molecule has 16 heavy (non-hydrogen) atoms. The quantitative estimate of drug-likeness (QED) is 0.809. The zero-order valence-corrected chi connectivity index (χ0v) is 11.7. The molecule has 1 N–H and O–H groups in total. The van der Waals surface area contributed by atoms with Crippen LogP contribution >= 0.6 is 34.8 Å². The third-order valence-corrected chi connectivity index (χ3v) is 3.24. The van der Waals surface area contributed by atoms with Crippen LogP contribution in [0.15, 0.2) is 0 Å². The molecular formula is C10H17Cl3N2O. The molecule has 94 valence electrons. The van der Waals surface area contributed by atoms with Crippen molar-refractivity contribution in [3.63, 3.8) is 0 Å². The van der Waals surface area contributed by atoms with Crippen molar-refractivity contribution in [2.75, 3.05) is 13.1 Å². The number of alkyl halides is 3. The topological polar surface area (TPSA) is 32.3 Å². The second kappa shape index (κ2) is 5.76. The highest BCUT2D eigenvalue weighted by Gasteiger charge is 2.39. The molecule has 1 atom stereocenters. The van der Waals surface area contributed by atoms with Crippen LogP contribution in [-0.2, 0) is 4.79 Å². The maximum atomic E-state index is 11.6. The van der Waals surface area contributed by atoms with Gasteiger partial charge in [0, 0.05) is 19.0 Å². The van der Waals surface area contributed by atoms with Gasteiger partial charge in [-0.3, -0.25) is 9.69 Å². The molecule has 1 saturated heterocycles. The van der Waals surface area contributed by atoms with Crippen molar-refractivity contribution in [3.05, 3.63) is 0 Å². The Bertz CT molecular complexity index is 247. The second-order valence-corrected chi connectivity index (χ2v) is 6.72. The predicted octanol–water partition coefficient (Wildman–Crippen LogP) is 2.55. The zero-order valence-electron chi connectivity index (χ0n) is 9.47. The summed E-state index contributed by atoms with van der Waals surface area (Å²) in [4.78, 5) is 13.7. The lowest BCUT2D eigenvalue weighted by Crippen LogP contribution is -2.55. The zero-order chi connectivity index (χ0) is 12.3. The number of hydrogen-bond donors (Lipinski definition) is 1. The first-order chi connectivity index (χ1) is 7.32. The maximum absolute atomic E-state index is 11.6. The number of likely N-dealkylation sites (tertiary alicyclic amines) is 1. The van der Waals surface area contributed by atoms with Crippen LogP contribution < -0.4 is 5.32 Å². The van der Waals surface area contributed by atoms with Crippen LogP contribution in [0.2, 0.25) is 0 Å². The fourth-order valence-electron chi connectivity index (χ4n) is 1.68. The summed E-state index contributed by atoms with van der Waals surface area (Å²) in [5.74, 6) is -0.208. The van der Waals surface area contributed by atoms with Gasteiger partial charge >= 0.3 is 0 Å². The summed E-state index contributed by atoms with van der Waals surface area (Å²) in [5.41, 5.74) is 0. The molecule has 0 aromatic heterocycles. The Labute approximate surface area is 111 Å². The molecule has 0 aromatic carbocycles. The van der Waals surface area contributed by atoms with Gasteiger partial charge in [0.2, 0.25) is 9.70 Å². The number of rotatable bonds is 3. The van der Waals surface area contributed by atoms with Crippen LogP contribution in [0.4, 0.5) is 0 Å². The number of amides is 1. The average Bonchev–Trinajstić information content (AvgIpc) is 2.63. The SMILES string of the molecule is CC(C)C(=O)N[C@H](N1CCCC1)C(Cl)(Cl)Cl. The van der Waals surface area contributed by atoms with E-state index in [1.807, 2.05) is 18.7 Å². The van der Waals surface area contributed by atoms with Gasteiger partial charge in [-0.2, -0.15) is 0 Å². The molecule has 0 aliphatic carbocycles. The van der Waals surface area contributed by atoms with Crippen molar-refractivity contribution in [1.29, 1.82) is 0 Å². The average molecular weight is 288 g/mol. The molecule has 0 aromatic rings. The molecular weight excluding hydrogens is 270 g/mol. The Morgan fingerprint density at radius 1 is 1.25 bits per heavy atom. The number of halogens is 3. The molecule has 0 radical (unpaired) electrons. The van der Waals surface area contributed by atoms with Crippen LogP contribution in [0.25, 0.3) is 0 Å². The van der Waals surface area contributed by atoms with E-state index in [2.05, 4.69) is 5.32 Å². The van der Waals surface area contributed by atoms with Crippen LogP contribution in [0, 0.1) is 5.92 Å². The summed E-state index contributed by atoms with van der Waals surface area (Å²) < 4.78 is -1.49. The second-order valence-electron chi connectivity index (χ2n) is 4.35. The lowest BCUT2D eigenvalue weighted by molar-refractivity contribution is -0.125. The molecule has 3 nitrogen and oxygen atoms in total. The van der Waals surface area contributed by atoms with Gasteiger partial charge in [0.05, 0.1) is 0 Å². The minimum Gasteiger partial charge on any atom is -0.336 e. The van der Waals surface area contributed by atoms with E-state index in [9.17, 15) is 4.79 Å². The summed E-state index contributed by atoms with van der Waals surface area (Å²) in [7, 11) is 0. The fraction of sp³-hybridized carbons (Fsp3) is 0.900. The number of carbonyl (C=O) groups is 1. The lowest BCUT2D eigenvalue weighted by Gasteiger charge is -2.33. The number of carbonyl (C=O) groups excluding carboxylic acids is 1. The molecule has 0 bridgehead atoms. The summed E-state index contributed by atoms with van der Waals surface area (Å²) in [5, 5.41) is 2.79. The highest BCUT2D eigenvalue weighted by atomic mass is 35.6. The van der Waals surface area contributed by atoms with Crippen LogP contribution in [0.1, 0.15) is 26.7 Å². The molecule has 1 aliphatic rings. The first-order valence-corrected chi connectivity index (χ1v) is 6.57. The van der Waals surface area contributed by atoms with Crippen LogP contribution in [-0.4, -0.2) is 33.9 Å². The highest BCUT2D eigenvalue weighted by molar-refractivity contribution is 6.68. The van der Waals surface area contributed by atoms with Gasteiger partial charge in [-0.15, -0.1) is 0 Å². The normalized spacial score (nSPS) is 20.1. The Morgan fingerprint density at radius 3 is 2.12 bits per heavy atom. The van der Waals surface area contributed by atoms with E-state index < -0.39 is 9.96 Å². The standard InChI is InChI=1S/C10H17Cl3N2O/c1-7(2)8(16)14-9(10(11,12)13)15-5-3-4-6-15/h7,9H,3-6H2,1-2H3,(H,14,16)/t9-/m1/s1. The van der Waals surface area contributed by atoms with Crippen molar-refractivity contribution >= 4 is 40.7 Å². The van der Waals surface area contributed by atoms with Crippen molar-refractivity contribution in [2.45, 2.75) is 36.6 Å². The molecule has 6 heteroatoms. The van der Waals surface area contributed by atoms with Gasteiger partial charge in [0.25, 0.3) is 0 Å². The largest absolute Gasteiger partial charge is 0.336 e. The minimum absolute atomic E-state index is 0.0942. The predicted molar refractivity (Wildman–Crippen MR) is 67.9 cm³/mol. The first-order valence-electron chi connectivity index (χ1n) is 5.43. The number of nitrogens with zero attached hydrogens (tertiary/aromatic N) is 1. The highest BCUT2D eigenvalue weighted by Crippen LogP contribution is 2.33. The summed E-state index contributed by atoms with van der Waals surface area (Å²) in [6.07, 6.45) is 1.62. The molecule has 1 fully saturated rings. The van der Waals surface area contributed by atoms with E-state index in [-0.39, 0.29) is 11.8 Å². The van der Waals surface area contributed by atoms with Crippen molar-refractivity contribution < 1.29 is 4.79 Å². The van der Waals surface area contributed by atoms with E-state index in [1.54, 1.807) is 0 Å². The molecule has 0 unspecified atom stereocenters. The van der Waals surface area contributed by atoms with Crippen molar-refractivity contribution in [3.8, 4) is 0 Å². The molecule has 1 rings (SSSR count). The number of nitrogens with one attached hydrogen (secondary N) is 1. The van der Waals surface area contributed by atoms with Gasteiger partial charge in [0.15, 0.2) is 0 Å². The van der Waals surface area contributed by atoms with E-state index in [0.29, 0.717) is 0 Å². The van der Waals surface area contributed by atoms with E-state index in [0.717, 1.165) is 25.9 Å². The summed E-state index contributed by atoms with van der Waals surface area (Å²) in [6.45, 7) is 5.34. The first kappa shape index (κ1) is 14.4. The van der Waals surface area contributed by atoms with E-state index in [4.69, 9.17) is 34.8 Å². The summed E-state index contributed by atoms with van der Waals surface area (Å²) >= 11 is 17.7. The lowest BCUT2D eigenvalue weighted by atomic mass is 10.2. The Hall–Kier alpha value is 0.300. The Morgan fingerprint density at radius 2 is 1.75 bits per heavy atom. The monoisotopic (exact) mass is 286 g/mol. The van der Waals surface area contributed by atoms with Crippen LogP contribution in [0.5, 0.6) is 0 Å². The fourth-order valence-corrected chi connectivity index (χ4v) is 2.26. The van der Waals surface area contributed by atoms with Crippen molar-refractivity contribution in [1.82, 2.24) is 10.2 Å². The molecule has 1 heterocycles. The van der Waals surface area contributed by atoms with E-state index in [1.165, 1.54) is 0 Å². The minimum atomic E-state index is -1.49. The molecule has 0 saturated carbocycles. The smallest absolute Gasteiger partial charge is 0.223 e. The summed E-state index contributed by atoms with van der Waals surface area (Å²) in [6, 6.07) is 0. The van der Waals surface area contributed by atoms with Gasteiger partial charge < -0.3 is 5.32 Å². The Balaban J connectivity index is 2.68. The van der Waals surface area contributed by atoms with Gasteiger partial charge in [-0.25, -0.2) is 0 Å². The third kappa shape index (κ3) is 3.95. The van der Waals surface area contributed by atoms with E-state index >= 15 is 0 Å². The number of hydrogen-bond acceptors (Lipinski definition) is 2. The van der Waals surface area contributed by atoms with Gasteiger partial charge in [-0.1, -0.05) is 48.7 Å². The molecule has 0 spiro atoms. The van der Waals surface area contributed by atoms with Crippen molar-refractivity contribution in [2.24, 2.45) is 5.92 Å². The van der Waals surface area contributed by atoms with Gasteiger partial charge in [-0.05, 0) is 12.8 Å².